The third-order valence-corrected chi connectivity index (χ3v) is 3.60. The van der Waals surface area contributed by atoms with Crippen LogP contribution in [-0.2, 0) is 4.79 Å². The van der Waals surface area contributed by atoms with Gasteiger partial charge in [0, 0.05) is 19.0 Å². The van der Waals surface area contributed by atoms with E-state index in [1.54, 1.807) is 0 Å². The molecule has 0 aliphatic carbocycles. The van der Waals surface area contributed by atoms with Crippen molar-refractivity contribution in [1.82, 2.24) is 5.32 Å². The third-order valence-electron chi connectivity index (χ3n) is 3.60. The maximum atomic E-state index is 11.9. The zero-order chi connectivity index (χ0) is 17.4. The van der Waals surface area contributed by atoms with E-state index in [1.807, 2.05) is 61.5 Å². The van der Waals surface area contributed by atoms with Crippen LogP contribution in [0.2, 0.25) is 0 Å². The number of nitrogens with two attached hydrogens (primary N) is 1. The standard InChI is InChI=1S/C19H24N2O3/c1-14-6-5-9-17(10-14)24-13-16(22)12-21-19(23)11-18(20)15-7-3-2-4-8-15/h2-10,16,18,22H,11-13,20H2,1H3,(H,21,23). The summed E-state index contributed by atoms with van der Waals surface area (Å²) in [6.07, 6.45) is -0.599. The summed E-state index contributed by atoms with van der Waals surface area (Å²) in [5.74, 6) is 0.507. The van der Waals surface area contributed by atoms with Gasteiger partial charge in [0.05, 0.1) is 0 Å². The van der Waals surface area contributed by atoms with Gasteiger partial charge in [0.15, 0.2) is 0 Å². The Kier molecular flexibility index (Phi) is 6.78. The van der Waals surface area contributed by atoms with Gasteiger partial charge in [-0.15, -0.1) is 0 Å². The molecule has 5 heteroatoms. The quantitative estimate of drug-likeness (QED) is 0.691. The van der Waals surface area contributed by atoms with Crippen LogP contribution in [0.3, 0.4) is 0 Å². The first-order chi connectivity index (χ1) is 11.5. The fourth-order valence-electron chi connectivity index (χ4n) is 2.28. The van der Waals surface area contributed by atoms with E-state index in [9.17, 15) is 9.90 Å². The second-order valence-electron chi connectivity index (χ2n) is 5.81. The number of amides is 1. The number of hydrogen-bond acceptors (Lipinski definition) is 4. The molecule has 1 amide bonds. The molecule has 24 heavy (non-hydrogen) atoms. The molecule has 0 spiro atoms. The highest BCUT2D eigenvalue weighted by Gasteiger charge is 2.13. The number of aliphatic hydroxyl groups is 1. The molecule has 0 heterocycles. The predicted octanol–water partition coefficient (Wildman–Crippen LogP) is 1.94. The van der Waals surface area contributed by atoms with Crippen molar-refractivity contribution in [3.63, 3.8) is 0 Å². The largest absolute Gasteiger partial charge is 0.491 e. The summed E-state index contributed by atoms with van der Waals surface area (Å²) in [6, 6.07) is 16.7. The molecule has 0 aliphatic rings. The molecule has 2 atom stereocenters. The molecule has 0 aromatic heterocycles. The molecule has 0 radical (unpaired) electrons. The summed E-state index contributed by atoms with van der Waals surface area (Å²) >= 11 is 0. The molecule has 2 rings (SSSR count). The lowest BCUT2D eigenvalue weighted by Gasteiger charge is -2.15. The summed E-state index contributed by atoms with van der Waals surface area (Å²) in [5, 5.41) is 12.6. The predicted molar refractivity (Wildman–Crippen MR) is 93.7 cm³/mol. The molecule has 0 fully saturated rings. The Morgan fingerprint density at radius 3 is 2.67 bits per heavy atom. The average Bonchev–Trinajstić information content (AvgIpc) is 2.59. The maximum absolute atomic E-state index is 11.9. The fourth-order valence-corrected chi connectivity index (χ4v) is 2.28. The van der Waals surface area contributed by atoms with E-state index >= 15 is 0 Å². The van der Waals surface area contributed by atoms with Gasteiger partial charge in [0.1, 0.15) is 18.5 Å². The third kappa shape index (κ3) is 6.02. The Morgan fingerprint density at radius 2 is 1.96 bits per heavy atom. The number of hydrogen-bond donors (Lipinski definition) is 3. The molecule has 0 bridgehead atoms. The van der Waals surface area contributed by atoms with Crippen LogP contribution >= 0.6 is 0 Å². The van der Waals surface area contributed by atoms with Crippen molar-refractivity contribution in [3.05, 3.63) is 65.7 Å². The van der Waals surface area contributed by atoms with Crippen molar-refractivity contribution in [2.45, 2.75) is 25.5 Å². The number of ether oxygens (including phenoxy) is 1. The van der Waals surface area contributed by atoms with Crippen LogP contribution in [0.4, 0.5) is 0 Å². The number of carbonyl (C=O) groups excluding carboxylic acids is 1. The van der Waals surface area contributed by atoms with Crippen LogP contribution < -0.4 is 15.8 Å². The van der Waals surface area contributed by atoms with Gasteiger partial charge in [0.25, 0.3) is 0 Å². The van der Waals surface area contributed by atoms with E-state index in [4.69, 9.17) is 10.5 Å². The van der Waals surface area contributed by atoms with Gasteiger partial charge in [-0.05, 0) is 30.2 Å². The molecule has 2 unspecified atom stereocenters. The highest BCUT2D eigenvalue weighted by atomic mass is 16.5. The Morgan fingerprint density at radius 1 is 1.21 bits per heavy atom. The minimum Gasteiger partial charge on any atom is -0.491 e. The van der Waals surface area contributed by atoms with Crippen molar-refractivity contribution in [2.75, 3.05) is 13.2 Å². The van der Waals surface area contributed by atoms with Crippen LogP contribution in [0, 0.1) is 6.92 Å². The molecule has 2 aromatic rings. The van der Waals surface area contributed by atoms with Crippen molar-refractivity contribution in [3.8, 4) is 5.75 Å². The van der Waals surface area contributed by atoms with Crippen LogP contribution in [0.5, 0.6) is 5.75 Å². The van der Waals surface area contributed by atoms with Gasteiger partial charge in [-0.3, -0.25) is 4.79 Å². The Bertz CT molecular complexity index is 646. The SMILES string of the molecule is Cc1cccc(OCC(O)CNC(=O)CC(N)c2ccccc2)c1. The zero-order valence-electron chi connectivity index (χ0n) is 13.8. The van der Waals surface area contributed by atoms with Crippen LogP contribution in [0.25, 0.3) is 0 Å². The first-order valence-corrected chi connectivity index (χ1v) is 7.99. The van der Waals surface area contributed by atoms with E-state index in [0.29, 0.717) is 5.75 Å². The molecule has 128 valence electrons. The van der Waals surface area contributed by atoms with Gasteiger partial charge in [0.2, 0.25) is 5.91 Å². The lowest BCUT2D eigenvalue weighted by Crippen LogP contribution is -2.36. The number of nitrogens with one attached hydrogen (secondary N) is 1. The summed E-state index contributed by atoms with van der Waals surface area (Å²) in [6.45, 7) is 2.22. The van der Waals surface area contributed by atoms with Crippen LogP contribution in [-0.4, -0.2) is 30.3 Å². The zero-order valence-corrected chi connectivity index (χ0v) is 13.8. The Hall–Kier alpha value is -2.37. The summed E-state index contributed by atoms with van der Waals surface area (Å²) in [5.41, 5.74) is 8.00. The smallest absolute Gasteiger partial charge is 0.221 e. The van der Waals surface area contributed by atoms with Gasteiger partial charge in [-0.25, -0.2) is 0 Å². The van der Waals surface area contributed by atoms with Crippen LogP contribution in [0.15, 0.2) is 54.6 Å². The lowest BCUT2D eigenvalue weighted by atomic mass is 10.0. The van der Waals surface area contributed by atoms with Crippen molar-refractivity contribution < 1.29 is 14.6 Å². The van der Waals surface area contributed by atoms with E-state index in [1.165, 1.54) is 0 Å². The van der Waals surface area contributed by atoms with E-state index in [2.05, 4.69) is 5.32 Å². The van der Waals surface area contributed by atoms with Crippen molar-refractivity contribution in [1.29, 1.82) is 0 Å². The Labute approximate surface area is 142 Å². The number of aliphatic hydroxyl groups excluding tert-OH is 1. The molecule has 0 aliphatic heterocycles. The van der Waals surface area contributed by atoms with E-state index < -0.39 is 6.10 Å². The monoisotopic (exact) mass is 328 g/mol. The normalized spacial score (nSPS) is 13.1. The van der Waals surface area contributed by atoms with Gasteiger partial charge in [-0.2, -0.15) is 0 Å². The highest BCUT2D eigenvalue weighted by molar-refractivity contribution is 5.76. The minimum absolute atomic E-state index is 0.120. The highest BCUT2D eigenvalue weighted by Crippen LogP contribution is 2.13. The number of carbonyl (C=O) groups is 1. The maximum Gasteiger partial charge on any atom is 0.221 e. The number of benzene rings is 2. The van der Waals surface area contributed by atoms with E-state index in [-0.39, 0.29) is 31.5 Å². The van der Waals surface area contributed by atoms with Gasteiger partial charge >= 0.3 is 0 Å². The minimum atomic E-state index is -0.776. The van der Waals surface area contributed by atoms with E-state index in [0.717, 1.165) is 11.1 Å². The second-order valence-corrected chi connectivity index (χ2v) is 5.81. The first-order valence-electron chi connectivity index (χ1n) is 7.99. The average molecular weight is 328 g/mol. The summed E-state index contributed by atoms with van der Waals surface area (Å²) in [4.78, 5) is 11.9. The number of aryl methyl sites for hydroxylation is 1. The second kappa shape index (κ2) is 9.05. The molecule has 0 saturated carbocycles. The number of rotatable bonds is 8. The van der Waals surface area contributed by atoms with Crippen LogP contribution in [0.1, 0.15) is 23.6 Å². The molecule has 2 aromatic carbocycles. The van der Waals surface area contributed by atoms with Gasteiger partial charge in [-0.1, -0.05) is 42.5 Å². The molecular weight excluding hydrogens is 304 g/mol. The molecule has 5 nitrogen and oxygen atoms in total. The Balaban J connectivity index is 1.69. The first kappa shape index (κ1) is 18.0. The fraction of sp³-hybridized carbons (Fsp3) is 0.316. The van der Waals surface area contributed by atoms with Crippen molar-refractivity contribution >= 4 is 5.91 Å². The van der Waals surface area contributed by atoms with Gasteiger partial charge < -0.3 is 20.9 Å². The molecular formula is C19H24N2O3. The molecule has 4 N–H and O–H groups in total. The topological polar surface area (TPSA) is 84.6 Å². The molecule has 0 saturated heterocycles. The summed E-state index contributed by atoms with van der Waals surface area (Å²) in [7, 11) is 0. The summed E-state index contributed by atoms with van der Waals surface area (Å²) < 4.78 is 5.51. The lowest BCUT2D eigenvalue weighted by molar-refractivity contribution is -0.122. The van der Waals surface area contributed by atoms with Crippen molar-refractivity contribution in [2.24, 2.45) is 5.73 Å².